The first kappa shape index (κ1) is 18.4. The molecule has 0 fully saturated rings. The Morgan fingerprint density at radius 1 is 1.27 bits per heavy atom. The molecule has 1 N–H and O–H groups in total. The van der Waals surface area contributed by atoms with Gasteiger partial charge < -0.3 is 10.2 Å². The van der Waals surface area contributed by atoms with E-state index in [-0.39, 0.29) is 29.1 Å². The fraction of sp³-hybridized carbons (Fsp3) is 0.368. The van der Waals surface area contributed by atoms with E-state index in [1.54, 1.807) is 23.3 Å². The lowest BCUT2D eigenvalue weighted by Crippen LogP contribution is -2.43. The summed E-state index contributed by atoms with van der Waals surface area (Å²) in [6.45, 7) is 4.50. The molecule has 0 aliphatic carbocycles. The lowest BCUT2D eigenvalue weighted by atomic mass is 9.96. The maximum absolute atomic E-state index is 12.9. The third-order valence-electron chi connectivity index (χ3n) is 4.32. The molecule has 1 amide bonds. The Morgan fingerprint density at radius 3 is 2.69 bits per heavy atom. The molecule has 0 spiro atoms. The quantitative estimate of drug-likeness (QED) is 0.859. The average Bonchev–Trinajstić information content (AvgIpc) is 2.60. The zero-order chi connectivity index (χ0) is 18.7. The molecule has 138 valence electrons. The summed E-state index contributed by atoms with van der Waals surface area (Å²) in [5.74, 6) is 0.234. The van der Waals surface area contributed by atoms with Gasteiger partial charge in [-0.1, -0.05) is 44.2 Å². The molecule has 1 unspecified atom stereocenters. The van der Waals surface area contributed by atoms with E-state index in [4.69, 9.17) is 0 Å². The first-order chi connectivity index (χ1) is 12.4. The summed E-state index contributed by atoms with van der Waals surface area (Å²) in [6, 6.07) is 9.64. The van der Waals surface area contributed by atoms with E-state index < -0.39 is 10.0 Å². The van der Waals surface area contributed by atoms with Gasteiger partial charge in [0.1, 0.15) is 0 Å². The van der Waals surface area contributed by atoms with Crippen molar-refractivity contribution < 1.29 is 13.2 Å². The van der Waals surface area contributed by atoms with Crippen molar-refractivity contribution in [2.24, 2.45) is 10.3 Å². The van der Waals surface area contributed by atoms with Crippen LogP contribution < -0.4 is 5.32 Å². The van der Waals surface area contributed by atoms with Crippen LogP contribution in [0, 0.1) is 5.92 Å². The second-order valence-electron chi connectivity index (χ2n) is 6.88. The number of benzene rings is 1. The Morgan fingerprint density at radius 2 is 2.00 bits per heavy atom. The monoisotopic (exact) mass is 373 g/mol. The number of nitrogens with zero attached hydrogens (tertiary/aromatic N) is 2. The van der Waals surface area contributed by atoms with Crippen LogP contribution in [0.4, 0.5) is 0 Å². The molecular formula is C19H23N3O3S. The number of hydrogen-bond donors (Lipinski definition) is 1. The normalized spacial score (nSPS) is 19.4. The lowest BCUT2D eigenvalue weighted by Gasteiger charge is -2.29. The molecule has 2 aliphatic heterocycles. The molecule has 26 heavy (non-hydrogen) atoms. The zero-order valence-electron chi connectivity index (χ0n) is 14.9. The third kappa shape index (κ3) is 4.22. The van der Waals surface area contributed by atoms with E-state index >= 15 is 0 Å². The Hall–Kier alpha value is -2.41. The van der Waals surface area contributed by atoms with Crippen LogP contribution in [0.2, 0.25) is 0 Å². The van der Waals surface area contributed by atoms with E-state index in [2.05, 4.69) is 23.6 Å². The largest absolute Gasteiger partial charge is 0.345 e. The van der Waals surface area contributed by atoms with Crippen molar-refractivity contribution in [2.75, 3.05) is 12.3 Å². The minimum Gasteiger partial charge on any atom is -0.345 e. The summed E-state index contributed by atoms with van der Waals surface area (Å²) >= 11 is 0. The fourth-order valence-corrected chi connectivity index (χ4v) is 4.05. The van der Waals surface area contributed by atoms with Crippen molar-refractivity contribution in [2.45, 2.75) is 26.3 Å². The van der Waals surface area contributed by atoms with E-state index in [9.17, 15) is 13.2 Å². The standard InChI is InChI=1S/C19H23N3O3S/c1-14(2)13-17(15-7-4-3-5-8-15)20-19(23)16-9-6-10-22-11-12-26(24,25)21-18(16)22/h3-10,14,17H,11-13H2,1-2H3,(H,20,23). The number of nitrogens with one attached hydrogen (secondary N) is 1. The van der Waals surface area contributed by atoms with Crippen LogP contribution in [-0.2, 0) is 14.8 Å². The van der Waals surface area contributed by atoms with Gasteiger partial charge in [0.15, 0.2) is 5.84 Å². The van der Waals surface area contributed by atoms with Gasteiger partial charge in [0, 0.05) is 12.7 Å². The minimum absolute atomic E-state index is 0.0459. The molecule has 0 saturated carbocycles. The predicted octanol–water partition coefficient (Wildman–Crippen LogP) is 2.39. The molecule has 7 heteroatoms. The van der Waals surface area contributed by atoms with E-state index in [1.807, 2.05) is 30.3 Å². The topological polar surface area (TPSA) is 78.8 Å². The van der Waals surface area contributed by atoms with Gasteiger partial charge in [-0.05, 0) is 30.1 Å². The van der Waals surface area contributed by atoms with Crippen molar-refractivity contribution >= 4 is 21.8 Å². The molecule has 3 rings (SSSR count). The van der Waals surface area contributed by atoms with Gasteiger partial charge in [0.05, 0.1) is 17.4 Å². The molecule has 1 aromatic carbocycles. The molecule has 2 aliphatic rings. The number of sulfonamides is 1. The maximum atomic E-state index is 12.9. The number of amides is 1. The van der Waals surface area contributed by atoms with Crippen molar-refractivity contribution in [3.05, 3.63) is 59.8 Å². The highest BCUT2D eigenvalue weighted by molar-refractivity contribution is 7.90. The van der Waals surface area contributed by atoms with Crippen LogP contribution >= 0.6 is 0 Å². The first-order valence-corrected chi connectivity index (χ1v) is 10.3. The predicted molar refractivity (Wildman–Crippen MR) is 102 cm³/mol. The third-order valence-corrected chi connectivity index (χ3v) is 5.47. The maximum Gasteiger partial charge on any atom is 0.256 e. The van der Waals surface area contributed by atoms with Crippen LogP contribution in [0.3, 0.4) is 0 Å². The Balaban J connectivity index is 1.86. The Labute approximate surface area is 154 Å². The van der Waals surface area contributed by atoms with Crippen molar-refractivity contribution in [3.63, 3.8) is 0 Å². The second kappa shape index (κ2) is 7.45. The molecule has 0 radical (unpaired) electrons. The highest BCUT2D eigenvalue weighted by Gasteiger charge is 2.31. The molecule has 2 heterocycles. The lowest BCUT2D eigenvalue weighted by molar-refractivity contribution is -0.117. The van der Waals surface area contributed by atoms with E-state index in [1.165, 1.54) is 0 Å². The number of hydrogen-bond acceptors (Lipinski definition) is 4. The van der Waals surface area contributed by atoms with Gasteiger partial charge in [-0.15, -0.1) is 4.40 Å². The molecular weight excluding hydrogens is 350 g/mol. The summed E-state index contributed by atoms with van der Waals surface area (Å²) in [4.78, 5) is 14.6. The summed E-state index contributed by atoms with van der Waals surface area (Å²) < 4.78 is 27.5. The minimum atomic E-state index is -3.53. The molecule has 1 aromatic rings. The summed E-state index contributed by atoms with van der Waals surface area (Å²) in [5.41, 5.74) is 1.30. The van der Waals surface area contributed by atoms with Crippen molar-refractivity contribution in [3.8, 4) is 0 Å². The number of amidine groups is 1. The number of allylic oxidation sites excluding steroid dienone is 2. The SMILES string of the molecule is CC(C)CC(NC(=O)C1=CC=CN2CCS(=O)(=O)N=C12)c1ccccc1. The average molecular weight is 373 g/mol. The van der Waals surface area contributed by atoms with Crippen molar-refractivity contribution in [1.29, 1.82) is 0 Å². The van der Waals surface area contributed by atoms with E-state index in [0.717, 1.165) is 12.0 Å². The highest BCUT2D eigenvalue weighted by atomic mass is 32.2. The number of carbonyl (C=O) groups excluding carboxylic acids is 1. The Bertz CT molecular complexity index is 871. The summed E-state index contributed by atoms with van der Waals surface area (Å²) in [7, 11) is -3.53. The number of rotatable bonds is 5. The molecule has 0 aromatic heterocycles. The highest BCUT2D eigenvalue weighted by Crippen LogP contribution is 2.23. The molecule has 1 atom stereocenters. The first-order valence-electron chi connectivity index (χ1n) is 8.69. The molecule has 6 nitrogen and oxygen atoms in total. The number of carbonyl (C=O) groups is 1. The smallest absolute Gasteiger partial charge is 0.256 e. The second-order valence-corrected chi connectivity index (χ2v) is 8.64. The van der Waals surface area contributed by atoms with Gasteiger partial charge >= 0.3 is 0 Å². The summed E-state index contributed by atoms with van der Waals surface area (Å²) in [5, 5.41) is 3.05. The van der Waals surface area contributed by atoms with Gasteiger partial charge in [0.25, 0.3) is 15.9 Å². The van der Waals surface area contributed by atoms with Gasteiger partial charge in [0.2, 0.25) is 0 Å². The van der Waals surface area contributed by atoms with Crippen LogP contribution in [0.25, 0.3) is 0 Å². The molecule has 0 bridgehead atoms. The molecule has 0 saturated heterocycles. The number of fused-ring (bicyclic) bond motifs is 1. The van der Waals surface area contributed by atoms with Crippen molar-refractivity contribution in [1.82, 2.24) is 10.2 Å². The van der Waals surface area contributed by atoms with Gasteiger partial charge in [-0.2, -0.15) is 0 Å². The van der Waals surface area contributed by atoms with E-state index in [0.29, 0.717) is 12.5 Å². The van der Waals surface area contributed by atoms with Crippen LogP contribution in [-0.4, -0.2) is 37.4 Å². The zero-order valence-corrected chi connectivity index (χ0v) is 15.7. The van der Waals surface area contributed by atoms with Crippen LogP contribution in [0.1, 0.15) is 31.9 Å². The van der Waals surface area contributed by atoms with Crippen LogP contribution in [0.5, 0.6) is 0 Å². The Kier molecular flexibility index (Phi) is 5.27. The fourth-order valence-electron chi connectivity index (χ4n) is 3.06. The van der Waals surface area contributed by atoms with Gasteiger partial charge in [-0.3, -0.25) is 4.79 Å². The van der Waals surface area contributed by atoms with Gasteiger partial charge in [-0.25, -0.2) is 8.42 Å². The summed E-state index contributed by atoms with van der Waals surface area (Å²) in [6.07, 6.45) is 5.88. The van der Waals surface area contributed by atoms with Crippen LogP contribution in [0.15, 0.2) is 58.7 Å².